The molecule has 0 heterocycles. The predicted octanol–water partition coefficient (Wildman–Crippen LogP) is 7.69. The van der Waals surface area contributed by atoms with Crippen LogP contribution in [0.25, 0.3) is 0 Å². The third-order valence-electron chi connectivity index (χ3n) is 6.60. The maximum absolute atomic E-state index is 15.1. The van der Waals surface area contributed by atoms with Gasteiger partial charge >= 0.3 is 0 Å². The van der Waals surface area contributed by atoms with E-state index in [0.29, 0.717) is 35.7 Å². The van der Waals surface area contributed by atoms with Gasteiger partial charge in [0.05, 0.1) is 16.6 Å². The zero-order valence-electron chi connectivity index (χ0n) is 22.8. The van der Waals surface area contributed by atoms with Gasteiger partial charge in [0, 0.05) is 30.6 Å². The van der Waals surface area contributed by atoms with Crippen molar-refractivity contribution in [1.29, 1.82) is 0 Å². The Bertz CT molecular complexity index is 1410. The predicted molar refractivity (Wildman–Crippen MR) is 152 cm³/mol. The molecule has 40 heavy (non-hydrogen) atoms. The van der Waals surface area contributed by atoms with Crippen LogP contribution in [0.3, 0.4) is 0 Å². The SMILES string of the molecule is CCCN(CCC)C(=O)CCCc1cc(F)ccc1[C@@H](C)N(c1cc(F)ccc1F)S(=O)(=O)c1ccc(Cl)cc1. The highest BCUT2D eigenvalue weighted by molar-refractivity contribution is 7.92. The van der Waals surface area contributed by atoms with E-state index in [1.54, 1.807) is 0 Å². The summed E-state index contributed by atoms with van der Waals surface area (Å²) < 4.78 is 72.3. The molecular weight excluding hydrogens is 561 g/mol. The van der Waals surface area contributed by atoms with Crippen molar-refractivity contribution < 1.29 is 26.4 Å². The summed E-state index contributed by atoms with van der Waals surface area (Å²) in [5, 5.41) is 0.308. The van der Waals surface area contributed by atoms with Gasteiger partial charge in [-0.3, -0.25) is 9.10 Å². The Morgan fingerprint density at radius 3 is 2.12 bits per heavy atom. The number of benzene rings is 3. The lowest BCUT2D eigenvalue weighted by molar-refractivity contribution is -0.131. The van der Waals surface area contributed by atoms with Crippen LogP contribution in [0, 0.1) is 17.5 Å². The molecule has 0 saturated carbocycles. The molecule has 0 saturated heterocycles. The quantitative estimate of drug-likeness (QED) is 0.204. The van der Waals surface area contributed by atoms with E-state index < -0.39 is 39.2 Å². The highest BCUT2D eigenvalue weighted by atomic mass is 35.5. The van der Waals surface area contributed by atoms with Gasteiger partial charge in [-0.2, -0.15) is 0 Å². The van der Waals surface area contributed by atoms with E-state index in [1.807, 2.05) is 18.7 Å². The van der Waals surface area contributed by atoms with Gasteiger partial charge in [-0.05, 0) is 92.3 Å². The highest BCUT2D eigenvalue weighted by Gasteiger charge is 2.33. The largest absolute Gasteiger partial charge is 0.343 e. The van der Waals surface area contributed by atoms with Gasteiger partial charge in [0.1, 0.15) is 17.5 Å². The van der Waals surface area contributed by atoms with Crippen molar-refractivity contribution in [2.45, 2.75) is 63.8 Å². The Balaban J connectivity index is 2.01. The molecule has 1 atom stereocenters. The fourth-order valence-corrected chi connectivity index (χ4v) is 6.50. The van der Waals surface area contributed by atoms with Crippen LogP contribution in [0.15, 0.2) is 65.6 Å². The number of aryl methyl sites for hydroxylation is 1. The average molecular weight is 595 g/mol. The molecule has 216 valence electrons. The van der Waals surface area contributed by atoms with Crippen LogP contribution in [-0.2, 0) is 21.2 Å². The Morgan fingerprint density at radius 1 is 0.900 bits per heavy atom. The number of sulfonamides is 1. The lowest BCUT2D eigenvalue weighted by Gasteiger charge is -2.32. The maximum atomic E-state index is 15.1. The second-order valence-corrected chi connectivity index (χ2v) is 11.9. The number of hydrogen-bond acceptors (Lipinski definition) is 3. The van der Waals surface area contributed by atoms with Crippen molar-refractivity contribution in [3.63, 3.8) is 0 Å². The van der Waals surface area contributed by atoms with Crippen molar-refractivity contribution in [1.82, 2.24) is 4.90 Å². The number of amides is 1. The minimum absolute atomic E-state index is 0.00322. The number of halogens is 4. The summed E-state index contributed by atoms with van der Waals surface area (Å²) in [4.78, 5) is 14.4. The Hall–Kier alpha value is -3.04. The van der Waals surface area contributed by atoms with Crippen LogP contribution in [0.1, 0.15) is 63.6 Å². The van der Waals surface area contributed by atoms with Crippen LogP contribution < -0.4 is 4.31 Å². The molecule has 0 aliphatic heterocycles. The molecule has 0 aliphatic carbocycles. The zero-order chi connectivity index (χ0) is 29.4. The van der Waals surface area contributed by atoms with Gasteiger partial charge in [-0.25, -0.2) is 21.6 Å². The van der Waals surface area contributed by atoms with E-state index in [1.165, 1.54) is 49.4 Å². The van der Waals surface area contributed by atoms with Crippen LogP contribution in [0.2, 0.25) is 5.02 Å². The van der Waals surface area contributed by atoms with Crippen molar-refractivity contribution in [2.75, 3.05) is 17.4 Å². The molecule has 0 aromatic heterocycles. The third kappa shape index (κ3) is 7.57. The number of rotatable bonds is 13. The normalized spacial score (nSPS) is 12.3. The third-order valence-corrected chi connectivity index (χ3v) is 8.75. The fraction of sp³-hybridized carbons (Fsp3) is 0.367. The van der Waals surface area contributed by atoms with Crippen molar-refractivity contribution >= 4 is 33.2 Å². The van der Waals surface area contributed by atoms with Gasteiger partial charge in [-0.15, -0.1) is 0 Å². The number of nitrogens with zero attached hydrogens (tertiary/aromatic N) is 2. The molecule has 0 bridgehead atoms. The van der Waals surface area contributed by atoms with E-state index in [2.05, 4.69) is 0 Å². The summed E-state index contributed by atoms with van der Waals surface area (Å²) in [5.41, 5.74) is 0.405. The van der Waals surface area contributed by atoms with E-state index in [0.717, 1.165) is 35.3 Å². The van der Waals surface area contributed by atoms with Crippen LogP contribution >= 0.6 is 11.6 Å². The van der Waals surface area contributed by atoms with E-state index in [9.17, 15) is 22.0 Å². The summed E-state index contributed by atoms with van der Waals surface area (Å²) >= 11 is 5.94. The van der Waals surface area contributed by atoms with E-state index in [4.69, 9.17) is 11.6 Å². The highest BCUT2D eigenvalue weighted by Crippen LogP contribution is 2.37. The summed E-state index contributed by atoms with van der Waals surface area (Å²) in [6, 6.07) is 10.8. The molecule has 10 heteroatoms. The molecule has 0 radical (unpaired) electrons. The lowest BCUT2D eigenvalue weighted by atomic mass is 9.96. The van der Waals surface area contributed by atoms with Crippen molar-refractivity contribution in [2.24, 2.45) is 0 Å². The first-order chi connectivity index (χ1) is 19.0. The van der Waals surface area contributed by atoms with Gasteiger partial charge in [-0.1, -0.05) is 31.5 Å². The monoisotopic (exact) mass is 594 g/mol. The second kappa shape index (κ2) is 14.0. The summed E-state index contributed by atoms with van der Waals surface area (Å²) in [6.45, 7) is 6.85. The van der Waals surface area contributed by atoms with E-state index >= 15 is 4.39 Å². The smallest absolute Gasteiger partial charge is 0.264 e. The average Bonchev–Trinajstić information content (AvgIpc) is 2.90. The Kier molecular flexibility index (Phi) is 11.0. The number of carbonyl (C=O) groups is 1. The molecule has 3 rings (SSSR count). The van der Waals surface area contributed by atoms with Gasteiger partial charge in [0.2, 0.25) is 5.91 Å². The molecule has 0 N–H and O–H groups in total. The zero-order valence-corrected chi connectivity index (χ0v) is 24.4. The Labute approximate surface area is 239 Å². The molecule has 0 fully saturated rings. The first-order valence-corrected chi connectivity index (χ1v) is 15.1. The summed E-state index contributed by atoms with van der Waals surface area (Å²) in [5.74, 6) is -2.28. The fourth-order valence-electron chi connectivity index (χ4n) is 4.74. The van der Waals surface area contributed by atoms with Gasteiger partial charge < -0.3 is 4.90 Å². The topological polar surface area (TPSA) is 57.7 Å². The van der Waals surface area contributed by atoms with Crippen molar-refractivity contribution in [3.8, 4) is 0 Å². The number of anilines is 1. The summed E-state index contributed by atoms with van der Waals surface area (Å²) in [7, 11) is -4.43. The first kappa shape index (κ1) is 31.5. The van der Waals surface area contributed by atoms with Crippen LogP contribution in [0.4, 0.5) is 18.9 Å². The maximum Gasteiger partial charge on any atom is 0.264 e. The van der Waals surface area contributed by atoms with Crippen LogP contribution in [0.5, 0.6) is 0 Å². The summed E-state index contributed by atoms with van der Waals surface area (Å²) in [6.07, 6.45) is 2.62. The molecule has 1 amide bonds. The minimum Gasteiger partial charge on any atom is -0.343 e. The molecule has 5 nitrogen and oxygen atoms in total. The number of hydrogen-bond donors (Lipinski definition) is 0. The Morgan fingerprint density at radius 2 is 1.50 bits per heavy atom. The lowest BCUT2D eigenvalue weighted by Crippen LogP contribution is -2.35. The van der Waals surface area contributed by atoms with Gasteiger partial charge in [0.25, 0.3) is 10.0 Å². The molecule has 3 aromatic rings. The minimum atomic E-state index is -4.43. The van der Waals surface area contributed by atoms with Crippen molar-refractivity contribution in [3.05, 3.63) is 94.3 Å². The van der Waals surface area contributed by atoms with Gasteiger partial charge in [0.15, 0.2) is 0 Å². The number of carbonyl (C=O) groups excluding carboxylic acids is 1. The second-order valence-electron chi connectivity index (χ2n) is 9.60. The first-order valence-electron chi connectivity index (χ1n) is 13.3. The van der Waals surface area contributed by atoms with Crippen LogP contribution in [-0.4, -0.2) is 32.3 Å². The standard InChI is InChI=1S/C30H34ClF3N2O3S/c1-4-17-35(18-5-2)30(37)8-6-7-22-19-24(32)11-15-27(22)21(3)36(29-20-25(33)12-16-28(29)34)40(38,39)26-13-9-23(31)10-14-26/h9-16,19-21H,4-8,17-18H2,1-3H3/t21-/m1/s1. The molecule has 0 spiro atoms. The molecule has 0 unspecified atom stereocenters. The molecule has 0 aliphatic rings. The van der Waals surface area contributed by atoms with E-state index in [-0.39, 0.29) is 23.6 Å². The molecule has 3 aromatic carbocycles. The molecular formula is C30H34ClF3N2O3S.